The predicted octanol–water partition coefficient (Wildman–Crippen LogP) is 3.37. The summed E-state index contributed by atoms with van der Waals surface area (Å²) in [6.07, 6.45) is 2.47. The normalized spacial score (nSPS) is 12.5. The molecule has 188 valence electrons. The summed E-state index contributed by atoms with van der Waals surface area (Å²) < 4.78 is 33.8. The van der Waals surface area contributed by atoms with Crippen LogP contribution in [0.1, 0.15) is 48.5 Å². The molecule has 7 N–H and O–H groups in total. The smallest absolute Gasteiger partial charge is 0.316 e. The number of ether oxygens (including phenoxy) is 1. The molecule has 0 saturated carbocycles. The molecular weight excluding hydrogens is 448 g/mol. The lowest BCUT2D eigenvalue weighted by Gasteiger charge is -2.18. The molecule has 34 heavy (non-hydrogen) atoms. The van der Waals surface area contributed by atoms with E-state index in [9.17, 15) is 28.9 Å². The molecule has 0 bridgehead atoms. The van der Waals surface area contributed by atoms with E-state index in [0.717, 1.165) is 19.3 Å². The van der Waals surface area contributed by atoms with Crippen molar-refractivity contribution in [3.05, 3.63) is 59.2 Å². The number of halogens is 2. The second kappa shape index (κ2) is 13.8. The largest absolute Gasteiger partial charge is 0.508 e. The number of hydrogen-bond acceptors (Lipinski definition) is 6. The van der Waals surface area contributed by atoms with E-state index in [1.165, 1.54) is 30.3 Å². The van der Waals surface area contributed by atoms with Gasteiger partial charge in [0.15, 0.2) is 0 Å². The average molecular weight is 482 g/mol. The first-order chi connectivity index (χ1) is 16.2. The van der Waals surface area contributed by atoms with Crippen molar-refractivity contribution in [1.82, 2.24) is 5.32 Å². The Morgan fingerprint density at radius 2 is 1.88 bits per heavy atom. The Morgan fingerprint density at radius 1 is 1.12 bits per heavy atom. The third-order valence-corrected chi connectivity index (χ3v) is 5.22. The van der Waals surface area contributed by atoms with Gasteiger partial charge >= 0.3 is 6.03 Å². The number of carbonyl (C=O) groups is 1. The lowest BCUT2D eigenvalue weighted by atomic mass is 10.1. The maximum atomic E-state index is 14.3. The van der Waals surface area contributed by atoms with Gasteiger partial charge < -0.3 is 36.4 Å². The van der Waals surface area contributed by atoms with Crippen molar-refractivity contribution < 1.29 is 33.6 Å². The van der Waals surface area contributed by atoms with Crippen molar-refractivity contribution in [1.29, 1.82) is 0 Å². The molecule has 8 nitrogen and oxygen atoms in total. The van der Waals surface area contributed by atoms with E-state index >= 15 is 0 Å². The van der Waals surface area contributed by atoms with Gasteiger partial charge in [-0.1, -0.05) is 31.0 Å². The number of aromatic hydroxyl groups is 1. The number of amides is 2. The molecule has 0 aromatic heterocycles. The number of aliphatic hydroxyl groups excluding tert-OH is 2. The highest BCUT2D eigenvalue weighted by molar-refractivity contribution is 5.87. The Bertz CT molecular complexity index is 914. The minimum absolute atomic E-state index is 0.00851. The molecule has 0 aliphatic heterocycles. The summed E-state index contributed by atoms with van der Waals surface area (Å²) in [5.74, 6) is -3.19. The molecule has 0 radical (unpaired) electrons. The van der Waals surface area contributed by atoms with Crippen molar-refractivity contribution in [2.75, 3.05) is 31.6 Å². The zero-order valence-electron chi connectivity index (χ0n) is 19.0. The first-order valence-electron chi connectivity index (χ1n) is 11.2. The summed E-state index contributed by atoms with van der Waals surface area (Å²) in [5, 5.41) is 34.4. The fourth-order valence-corrected chi connectivity index (χ4v) is 3.35. The van der Waals surface area contributed by atoms with Crippen molar-refractivity contribution in [2.24, 2.45) is 5.73 Å². The summed E-state index contributed by atoms with van der Waals surface area (Å²) >= 11 is 0. The van der Waals surface area contributed by atoms with Gasteiger partial charge in [-0.3, -0.25) is 0 Å². The maximum absolute atomic E-state index is 14.3. The molecule has 0 aliphatic carbocycles. The third-order valence-electron chi connectivity index (χ3n) is 5.22. The number of hydrogen-bond donors (Lipinski definition) is 6. The number of carbonyl (C=O) groups excluding carboxylic acids is 1. The molecule has 2 aromatic rings. The first kappa shape index (κ1) is 27.5. The third kappa shape index (κ3) is 9.22. The molecule has 10 heteroatoms. The molecule has 0 heterocycles. The Balaban J connectivity index is 1.56. The van der Waals surface area contributed by atoms with E-state index in [0.29, 0.717) is 30.6 Å². The average Bonchev–Trinajstić information content (AvgIpc) is 2.80. The molecular formula is C24H33F2N3O5. The van der Waals surface area contributed by atoms with Gasteiger partial charge in [0, 0.05) is 30.0 Å². The number of rotatable bonds is 15. The van der Waals surface area contributed by atoms with Gasteiger partial charge in [-0.2, -0.15) is 8.78 Å². The highest BCUT2D eigenvalue weighted by atomic mass is 19.3. The maximum Gasteiger partial charge on any atom is 0.316 e. The number of unbranched alkanes of at least 4 members (excludes halogenated alkanes) is 3. The van der Waals surface area contributed by atoms with E-state index in [1.807, 2.05) is 0 Å². The molecule has 0 saturated heterocycles. The van der Waals surface area contributed by atoms with E-state index < -0.39 is 24.7 Å². The van der Waals surface area contributed by atoms with Crippen LogP contribution in [0.15, 0.2) is 42.5 Å². The van der Waals surface area contributed by atoms with Crippen LogP contribution in [0.3, 0.4) is 0 Å². The van der Waals surface area contributed by atoms with Gasteiger partial charge in [0.05, 0.1) is 12.7 Å². The Labute approximate surface area is 197 Å². The highest BCUT2D eigenvalue weighted by Gasteiger charge is 2.32. The molecule has 0 unspecified atom stereocenters. The summed E-state index contributed by atoms with van der Waals surface area (Å²) in [5.41, 5.74) is 5.92. The number of nitrogens with two attached hydrogens (primary N) is 1. The van der Waals surface area contributed by atoms with Crippen LogP contribution < -0.4 is 16.4 Å². The van der Waals surface area contributed by atoms with Crippen molar-refractivity contribution in [3.63, 3.8) is 0 Å². The monoisotopic (exact) mass is 481 g/mol. The topological polar surface area (TPSA) is 137 Å². The zero-order chi connectivity index (χ0) is 25.0. The lowest BCUT2D eigenvalue weighted by Crippen LogP contribution is -2.23. The van der Waals surface area contributed by atoms with E-state index in [-0.39, 0.29) is 30.2 Å². The summed E-state index contributed by atoms with van der Waals surface area (Å²) in [7, 11) is 0. The van der Waals surface area contributed by atoms with Crippen LogP contribution in [0.5, 0.6) is 5.75 Å². The van der Waals surface area contributed by atoms with E-state index in [4.69, 9.17) is 10.5 Å². The quantitative estimate of drug-likeness (QED) is 0.216. The lowest BCUT2D eigenvalue weighted by molar-refractivity contribution is -0.0831. The van der Waals surface area contributed by atoms with Crippen LogP contribution in [0, 0.1) is 0 Å². The fraction of sp³-hybridized carbons (Fsp3) is 0.458. The summed E-state index contributed by atoms with van der Waals surface area (Å²) in [4.78, 5) is 10.9. The van der Waals surface area contributed by atoms with Crippen LogP contribution in [-0.2, 0) is 17.3 Å². The van der Waals surface area contributed by atoms with Gasteiger partial charge in [0.2, 0.25) is 0 Å². The Morgan fingerprint density at radius 3 is 2.62 bits per heavy atom. The van der Waals surface area contributed by atoms with Crippen molar-refractivity contribution >= 4 is 11.7 Å². The summed E-state index contributed by atoms with van der Waals surface area (Å²) in [6, 6.07) is 9.13. The molecule has 1 atom stereocenters. The van der Waals surface area contributed by atoms with Gasteiger partial charge in [-0.25, -0.2) is 4.79 Å². The minimum Gasteiger partial charge on any atom is -0.508 e. The number of aliphatic hydroxyl groups is 2. The second-order valence-electron chi connectivity index (χ2n) is 8.01. The molecule has 2 amide bonds. The molecule has 2 aromatic carbocycles. The molecule has 0 spiro atoms. The Hall–Kier alpha value is -2.79. The number of primary amides is 1. The van der Waals surface area contributed by atoms with Crippen LogP contribution in [0.2, 0.25) is 0 Å². The standard InChI is InChI=1S/C24H33F2N3O5/c25-24(26,19-6-5-7-20(13-19)29-23(27)33)16-34-11-4-2-1-3-10-28-14-22(32)17-8-9-21(31)18(12-17)15-30/h5-9,12-13,22,28,30-32H,1-4,10-11,14-16H2,(H3,27,29,33)/t22-/m0/s1. The zero-order valence-corrected chi connectivity index (χ0v) is 19.0. The predicted molar refractivity (Wildman–Crippen MR) is 125 cm³/mol. The number of phenols is 1. The molecule has 2 rings (SSSR count). The molecule has 0 fully saturated rings. The first-order valence-corrected chi connectivity index (χ1v) is 11.2. The van der Waals surface area contributed by atoms with Crippen molar-refractivity contribution in [3.8, 4) is 5.75 Å². The van der Waals surface area contributed by atoms with Crippen LogP contribution in [0.4, 0.5) is 19.3 Å². The minimum atomic E-state index is -3.18. The van der Waals surface area contributed by atoms with Crippen LogP contribution in [0.25, 0.3) is 0 Å². The highest BCUT2D eigenvalue weighted by Crippen LogP contribution is 2.30. The number of urea groups is 1. The van der Waals surface area contributed by atoms with Gasteiger partial charge in [-0.05, 0) is 49.2 Å². The van der Waals surface area contributed by atoms with E-state index in [2.05, 4.69) is 10.6 Å². The van der Waals surface area contributed by atoms with Crippen LogP contribution >= 0.6 is 0 Å². The van der Waals surface area contributed by atoms with Gasteiger partial charge in [0.1, 0.15) is 12.4 Å². The SMILES string of the molecule is NC(=O)Nc1cccc(C(F)(F)COCCCCCCNC[C@H](O)c2ccc(O)c(CO)c2)c1. The summed E-state index contributed by atoms with van der Waals surface area (Å²) in [6.45, 7) is 0.195. The molecule has 0 aliphatic rings. The van der Waals surface area contributed by atoms with Crippen LogP contribution in [-0.4, -0.2) is 47.7 Å². The second-order valence-corrected chi connectivity index (χ2v) is 8.01. The number of anilines is 1. The fourth-order valence-electron chi connectivity index (χ4n) is 3.35. The number of alkyl halides is 2. The Kier molecular flexibility index (Phi) is 11.1. The van der Waals surface area contributed by atoms with Gasteiger partial charge in [-0.15, -0.1) is 0 Å². The number of nitrogens with one attached hydrogen (secondary N) is 2. The number of benzene rings is 2. The van der Waals surface area contributed by atoms with Gasteiger partial charge in [0.25, 0.3) is 5.92 Å². The van der Waals surface area contributed by atoms with E-state index in [1.54, 1.807) is 12.1 Å². The van der Waals surface area contributed by atoms with Crippen molar-refractivity contribution in [2.45, 2.75) is 44.3 Å².